The highest BCUT2D eigenvalue weighted by Gasteiger charge is 2.17. The minimum atomic E-state index is -0.491. The van der Waals surface area contributed by atoms with Gasteiger partial charge in [-0.15, -0.1) is 12.4 Å². The second-order valence-electron chi connectivity index (χ2n) is 6.27. The van der Waals surface area contributed by atoms with Crippen molar-refractivity contribution in [3.8, 4) is 0 Å². The molecule has 134 valence electrons. The Morgan fingerprint density at radius 2 is 1.79 bits per heavy atom. The maximum absolute atomic E-state index is 12.2. The maximum Gasteiger partial charge on any atom is 0.251 e. The van der Waals surface area contributed by atoms with Gasteiger partial charge in [0.05, 0.1) is 6.04 Å². The van der Waals surface area contributed by atoms with Crippen LogP contribution in [-0.4, -0.2) is 23.9 Å². The van der Waals surface area contributed by atoms with Gasteiger partial charge < -0.3 is 16.4 Å². The van der Waals surface area contributed by atoms with Crippen LogP contribution in [0.15, 0.2) is 24.3 Å². The van der Waals surface area contributed by atoms with E-state index in [0.29, 0.717) is 23.7 Å². The lowest BCUT2D eigenvalue weighted by Crippen LogP contribution is -2.36. The normalized spacial score (nSPS) is 15.9. The third-order valence-corrected chi connectivity index (χ3v) is 4.29. The van der Waals surface area contributed by atoms with Gasteiger partial charge in [0.2, 0.25) is 5.91 Å². The predicted molar refractivity (Wildman–Crippen MR) is 99.5 cm³/mol. The summed E-state index contributed by atoms with van der Waals surface area (Å²) in [6.07, 6.45) is 7.30. The molecule has 0 spiro atoms. The van der Waals surface area contributed by atoms with E-state index in [1.807, 2.05) is 6.92 Å². The van der Waals surface area contributed by atoms with Crippen molar-refractivity contribution in [2.75, 3.05) is 5.32 Å². The van der Waals surface area contributed by atoms with Crippen LogP contribution in [0.25, 0.3) is 0 Å². The van der Waals surface area contributed by atoms with Crippen LogP contribution >= 0.6 is 12.4 Å². The molecule has 0 saturated heterocycles. The van der Waals surface area contributed by atoms with Gasteiger partial charge in [-0.1, -0.05) is 32.6 Å². The van der Waals surface area contributed by atoms with Crippen LogP contribution in [0.2, 0.25) is 0 Å². The Bertz CT molecular complexity index is 528. The Kier molecular flexibility index (Phi) is 8.79. The summed E-state index contributed by atoms with van der Waals surface area (Å²) in [5.41, 5.74) is 7.06. The van der Waals surface area contributed by atoms with Crippen molar-refractivity contribution in [2.24, 2.45) is 5.73 Å². The molecule has 6 heteroatoms. The zero-order chi connectivity index (χ0) is 16.7. The number of hydrogen-bond donors (Lipinski definition) is 3. The first-order valence-electron chi connectivity index (χ1n) is 8.57. The van der Waals surface area contributed by atoms with Crippen LogP contribution < -0.4 is 16.4 Å². The monoisotopic (exact) mass is 353 g/mol. The quantitative estimate of drug-likeness (QED) is 0.734. The van der Waals surface area contributed by atoms with Crippen molar-refractivity contribution in [3.05, 3.63) is 29.8 Å². The zero-order valence-corrected chi connectivity index (χ0v) is 15.0. The van der Waals surface area contributed by atoms with E-state index in [1.54, 1.807) is 24.3 Å². The summed E-state index contributed by atoms with van der Waals surface area (Å²) < 4.78 is 0. The molecule has 2 rings (SSSR count). The minimum absolute atomic E-state index is 0. The van der Waals surface area contributed by atoms with Gasteiger partial charge in [-0.3, -0.25) is 9.59 Å². The van der Waals surface area contributed by atoms with E-state index in [9.17, 15) is 9.59 Å². The second kappa shape index (κ2) is 10.3. The lowest BCUT2D eigenvalue weighted by molar-refractivity contribution is -0.117. The number of amides is 2. The third kappa shape index (κ3) is 6.13. The van der Waals surface area contributed by atoms with Crippen LogP contribution in [0.3, 0.4) is 0 Å². The number of carbonyl (C=O) groups is 2. The molecule has 0 aliphatic heterocycles. The molecule has 1 aliphatic rings. The molecule has 2 amide bonds. The Balaban J connectivity index is 0.00000288. The highest BCUT2D eigenvalue weighted by molar-refractivity contribution is 5.97. The van der Waals surface area contributed by atoms with E-state index in [4.69, 9.17) is 5.73 Å². The first-order valence-corrected chi connectivity index (χ1v) is 8.57. The summed E-state index contributed by atoms with van der Waals surface area (Å²) in [7, 11) is 0. The fourth-order valence-corrected chi connectivity index (χ4v) is 2.90. The summed E-state index contributed by atoms with van der Waals surface area (Å²) in [6, 6.07) is 6.76. The van der Waals surface area contributed by atoms with Crippen molar-refractivity contribution in [3.63, 3.8) is 0 Å². The third-order valence-electron chi connectivity index (χ3n) is 4.29. The molecule has 0 radical (unpaired) electrons. The van der Waals surface area contributed by atoms with Gasteiger partial charge in [0.15, 0.2) is 0 Å². The average Bonchev–Trinajstić information content (AvgIpc) is 2.56. The summed E-state index contributed by atoms with van der Waals surface area (Å²) in [5.74, 6) is -0.233. The summed E-state index contributed by atoms with van der Waals surface area (Å²) in [6.45, 7) is 1.99. The van der Waals surface area contributed by atoms with Crippen molar-refractivity contribution >= 4 is 29.9 Å². The van der Waals surface area contributed by atoms with Crippen LogP contribution in [0.1, 0.15) is 62.2 Å². The molecule has 0 bridgehead atoms. The minimum Gasteiger partial charge on any atom is -0.349 e. The molecule has 1 aliphatic carbocycles. The smallest absolute Gasteiger partial charge is 0.251 e. The molecule has 1 atom stereocenters. The van der Waals surface area contributed by atoms with Gasteiger partial charge in [0.25, 0.3) is 5.91 Å². The molecule has 1 saturated carbocycles. The fraction of sp³-hybridized carbons (Fsp3) is 0.556. The number of benzene rings is 1. The number of halogens is 1. The molecule has 1 fully saturated rings. The standard InChI is InChI=1S/C18H27N3O2.ClH/c1-2-6-16(19)18(23)21-15-11-9-13(10-12-15)17(22)20-14-7-4-3-5-8-14;/h9-12,14,16H,2-8,19H2,1H3,(H,20,22)(H,21,23);1H. The Morgan fingerprint density at radius 3 is 2.38 bits per heavy atom. The molecule has 1 aromatic rings. The van der Waals surface area contributed by atoms with E-state index in [0.717, 1.165) is 19.3 Å². The average molecular weight is 354 g/mol. The number of nitrogens with two attached hydrogens (primary N) is 1. The highest BCUT2D eigenvalue weighted by atomic mass is 35.5. The number of hydrogen-bond acceptors (Lipinski definition) is 3. The van der Waals surface area contributed by atoms with Crippen LogP contribution in [-0.2, 0) is 4.79 Å². The lowest BCUT2D eigenvalue weighted by Gasteiger charge is -2.22. The van der Waals surface area contributed by atoms with Crippen molar-refractivity contribution in [1.82, 2.24) is 5.32 Å². The maximum atomic E-state index is 12.2. The van der Waals surface area contributed by atoms with E-state index in [-0.39, 0.29) is 24.2 Å². The van der Waals surface area contributed by atoms with Crippen molar-refractivity contribution < 1.29 is 9.59 Å². The molecule has 4 N–H and O–H groups in total. The largest absolute Gasteiger partial charge is 0.349 e. The molecule has 1 unspecified atom stereocenters. The van der Waals surface area contributed by atoms with Crippen LogP contribution in [0.5, 0.6) is 0 Å². The number of carbonyl (C=O) groups excluding carboxylic acids is 2. The highest BCUT2D eigenvalue weighted by Crippen LogP contribution is 2.18. The summed E-state index contributed by atoms with van der Waals surface area (Å²) in [4.78, 5) is 24.1. The first kappa shape index (κ1) is 20.5. The second-order valence-corrected chi connectivity index (χ2v) is 6.27. The van der Waals surface area contributed by atoms with Gasteiger partial charge in [-0.2, -0.15) is 0 Å². The number of rotatable bonds is 6. The Labute approximate surface area is 150 Å². The van der Waals surface area contributed by atoms with E-state index in [2.05, 4.69) is 10.6 Å². The molecule has 1 aromatic carbocycles. The van der Waals surface area contributed by atoms with Gasteiger partial charge >= 0.3 is 0 Å². The lowest BCUT2D eigenvalue weighted by atomic mass is 9.95. The first-order chi connectivity index (χ1) is 11.1. The fourth-order valence-electron chi connectivity index (χ4n) is 2.90. The van der Waals surface area contributed by atoms with Crippen LogP contribution in [0.4, 0.5) is 5.69 Å². The van der Waals surface area contributed by atoms with Crippen molar-refractivity contribution in [1.29, 1.82) is 0 Å². The molecular formula is C18H28ClN3O2. The van der Waals surface area contributed by atoms with E-state index >= 15 is 0 Å². The Hall–Kier alpha value is -1.59. The molecular weight excluding hydrogens is 326 g/mol. The molecule has 24 heavy (non-hydrogen) atoms. The zero-order valence-electron chi connectivity index (χ0n) is 14.2. The van der Waals surface area contributed by atoms with Crippen LogP contribution in [0, 0.1) is 0 Å². The summed E-state index contributed by atoms with van der Waals surface area (Å²) in [5, 5.41) is 5.86. The van der Waals surface area contributed by atoms with Gasteiger partial charge in [0, 0.05) is 17.3 Å². The molecule has 0 heterocycles. The van der Waals surface area contributed by atoms with Crippen molar-refractivity contribution in [2.45, 2.75) is 64.0 Å². The Morgan fingerprint density at radius 1 is 1.17 bits per heavy atom. The summed E-state index contributed by atoms with van der Waals surface area (Å²) >= 11 is 0. The topological polar surface area (TPSA) is 84.2 Å². The van der Waals surface area contributed by atoms with E-state index < -0.39 is 6.04 Å². The SMILES string of the molecule is CCCC(N)C(=O)Nc1ccc(C(=O)NC2CCCCC2)cc1.Cl. The van der Waals surface area contributed by atoms with Gasteiger partial charge in [-0.25, -0.2) is 0 Å². The predicted octanol–water partition coefficient (Wildman–Crippen LogP) is 3.24. The van der Waals surface area contributed by atoms with Gasteiger partial charge in [-0.05, 0) is 43.5 Å². The molecule has 5 nitrogen and oxygen atoms in total. The van der Waals surface area contributed by atoms with Gasteiger partial charge in [0.1, 0.15) is 0 Å². The number of nitrogens with one attached hydrogen (secondary N) is 2. The number of anilines is 1. The van der Waals surface area contributed by atoms with E-state index in [1.165, 1.54) is 19.3 Å². The molecule has 0 aromatic heterocycles.